The van der Waals surface area contributed by atoms with E-state index in [1.807, 2.05) is 24.3 Å². The molecule has 1 amide bonds. The molecular weight excluding hydrogens is 200 g/mol. The molecule has 3 N–H and O–H groups in total. The van der Waals surface area contributed by atoms with Crippen molar-refractivity contribution in [1.29, 1.82) is 0 Å². The number of benzene rings is 1. The molecule has 3 heteroatoms. The Bertz CT molecular complexity index is 383. The summed E-state index contributed by atoms with van der Waals surface area (Å²) < 4.78 is 0. The molecule has 3 nitrogen and oxygen atoms in total. The molecule has 1 aromatic carbocycles. The largest absolute Gasteiger partial charge is 0.399 e. The van der Waals surface area contributed by atoms with Gasteiger partial charge < -0.3 is 11.1 Å². The van der Waals surface area contributed by atoms with E-state index in [4.69, 9.17) is 5.73 Å². The summed E-state index contributed by atoms with van der Waals surface area (Å²) in [5.74, 6) is 0.390. The molecule has 0 atom stereocenters. The van der Waals surface area contributed by atoms with E-state index in [9.17, 15) is 4.79 Å². The highest BCUT2D eigenvalue weighted by Crippen LogP contribution is 2.07. The topological polar surface area (TPSA) is 55.1 Å². The number of anilines is 1. The summed E-state index contributed by atoms with van der Waals surface area (Å²) in [5, 5.41) is 2.81. The first kappa shape index (κ1) is 12.3. The van der Waals surface area contributed by atoms with Crippen molar-refractivity contribution in [2.24, 2.45) is 5.92 Å². The molecule has 0 radical (unpaired) electrons. The summed E-state index contributed by atoms with van der Waals surface area (Å²) in [6.45, 7) is 4.81. The molecule has 0 bridgehead atoms. The predicted octanol–water partition coefficient (Wildman–Crippen LogP) is 2.05. The highest BCUT2D eigenvalue weighted by atomic mass is 16.1. The number of amides is 1. The summed E-state index contributed by atoms with van der Waals surface area (Å²) in [6.07, 6.45) is 3.28. The number of nitrogen functional groups attached to an aromatic ring is 1. The van der Waals surface area contributed by atoms with Crippen LogP contribution in [-0.2, 0) is 4.79 Å². The maximum atomic E-state index is 11.4. The Balaban J connectivity index is 2.50. The van der Waals surface area contributed by atoms with Crippen molar-refractivity contribution in [3.8, 4) is 0 Å². The second kappa shape index (κ2) is 5.95. The summed E-state index contributed by atoms with van der Waals surface area (Å²) in [6, 6.07) is 7.41. The third-order valence-electron chi connectivity index (χ3n) is 2.02. The monoisotopic (exact) mass is 218 g/mol. The van der Waals surface area contributed by atoms with Crippen molar-refractivity contribution < 1.29 is 4.79 Å². The molecule has 1 aromatic rings. The molecule has 1 rings (SSSR count). The average Bonchev–Trinajstić information content (AvgIpc) is 2.23. The van der Waals surface area contributed by atoms with E-state index in [0.717, 1.165) is 5.56 Å². The molecule has 0 spiro atoms. The molecule has 0 aliphatic carbocycles. The van der Waals surface area contributed by atoms with Gasteiger partial charge in [0.05, 0.1) is 0 Å². The van der Waals surface area contributed by atoms with E-state index < -0.39 is 0 Å². The van der Waals surface area contributed by atoms with Crippen molar-refractivity contribution in [1.82, 2.24) is 5.32 Å². The molecule has 0 unspecified atom stereocenters. The van der Waals surface area contributed by atoms with Crippen LogP contribution >= 0.6 is 0 Å². The fraction of sp³-hybridized carbons (Fsp3) is 0.308. The van der Waals surface area contributed by atoms with Crippen molar-refractivity contribution >= 4 is 17.7 Å². The molecule has 0 saturated carbocycles. The number of rotatable bonds is 4. The van der Waals surface area contributed by atoms with Crippen LogP contribution in [0.2, 0.25) is 0 Å². The van der Waals surface area contributed by atoms with Gasteiger partial charge in [0.2, 0.25) is 5.91 Å². The number of carbonyl (C=O) groups excluding carboxylic acids is 1. The quantitative estimate of drug-likeness (QED) is 0.600. The first-order valence-electron chi connectivity index (χ1n) is 5.39. The number of nitrogens with one attached hydrogen (secondary N) is 1. The molecule has 16 heavy (non-hydrogen) atoms. The van der Waals surface area contributed by atoms with Crippen LogP contribution in [0.5, 0.6) is 0 Å². The minimum atomic E-state index is -0.0730. The number of carbonyl (C=O) groups is 1. The Hall–Kier alpha value is -1.77. The van der Waals surface area contributed by atoms with Gasteiger partial charge in [-0.2, -0.15) is 0 Å². The smallest absolute Gasteiger partial charge is 0.244 e. The third kappa shape index (κ3) is 4.64. The molecule has 0 aromatic heterocycles. The predicted molar refractivity (Wildman–Crippen MR) is 67.7 cm³/mol. The molecule has 0 saturated heterocycles. The highest BCUT2D eigenvalue weighted by molar-refractivity contribution is 5.91. The second-order valence-corrected chi connectivity index (χ2v) is 4.14. The fourth-order valence-corrected chi connectivity index (χ4v) is 1.20. The van der Waals surface area contributed by atoms with Gasteiger partial charge in [0.15, 0.2) is 0 Å². The van der Waals surface area contributed by atoms with Crippen molar-refractivity contribution in [2.45, 2.75) is 13.8 Å². The SMILES string of the molecule is CC(C)CNC(=O)/C=C/c1cccc(N)c1. The molecule has 0 fully saturated rings. The van der Waals surface area contributed by atoms with E-state index in [1.165, 1.54) is 6.08 Å². The van der Waals surface area contributed by atoms with Crippen LogP contribution in [0.1, 0.15) is 19.4 Å². The molecular formula is C13H18N2O. The first-order valence-corrected chi connectivity index (χ1v) is 5.39. The lowest BCUT2D eigenvalue weighted by Crippen LogP contribution is -2.25. The Morgan fingerprint density at radius 2 is 2.25 bits per heavy atom. The number of hydrogen-bond acceptors (Lipinski definition) is 2. The van der Waals surface area contributed by atoms with E-state index in [2.05, 4.69) is 19.2 Å². The summed E-state index contributed by atoms with van der Waals surface area (Å²) >= 11 is 0. The van der Waals surface area contributed by atoms with Crippen LogP contribution in [0.4, 0.5) is 5.69 Å². The zero-order chi connectivity index (χ0) is 12.0. The zero-order valence-corrected chi connectivity index (χ0v) is 9.73. The van der Waals surface area contributed by atoms with Crippen LogP contribution < -0.4 is 11.1 Å². The summed E-state index contributed by atoms with van der Waals surface area (Å²) in [4.78, 5) is 11.4. The van der Waals surface area contributed by atoms with E-state index in [1.54, 1.807) is 6.08 Å². The Morgan fingerprint density at radius 3 is 2.88 bits per heavy atom. The third-order valence-corrected chi connectivity index (χ3v) is 2.02. The van der Waals surface area contributed by atoms with Crippen molar-refractivity contribution in [3.63, 3.8) is 0 Å². The maximum Gasteiger partial charge on any atom is 0.244 e. The van der Waals surface area contributed by atoms with Gasteiger partial charge in [-0.1, -0.05) is 26.0 Å². The Kier molecular flexibility index (Phi) is 4.58. The van der Waals surface area contributed by atoms with Gasteiger partial charge in [-0.15, -0.1) is 0 Å². The van der Waals surface area contributed by atoms with Gasteiger partial charge in [-0.25, -0.2) is 0 Å². The summed E-state index contributed by atoms with van der Waals surface area (Å²) in [5.41, 5.74) is 7.26. The lowest BCUT2D eigenvalue weighted by atomic mass is 10.2. The standard InChI is InChI=1S/C13H18N2O/c1-10(2)9-15-13(16)7-6-11-4-3-5-12(14)8-11/h3-8,10H,9,14H2,1-2H3,(H,15,16)/b7-6+. The molecule has 0 aliphatic rings. The zero-order valence-electron chi connectivity index (χ0n) is 9.73. The Morgan fingerprint density at radius 1 is 1.50 bits per heavy atom. The van der Waals surface area contributed by atoms with Gasteiger partial charge in [-0.3, -0.25) is 4.79 Å². The van der Waals surface area contributed by atoms with Gasteiger partial charge >= 0.3 is 0 Å². The van der Waals surface area contributed by atoms with Crippen LogP contribution in [-0.4, -0.2) is 12.5 Å². The van der Waals surface area contributed by atoms with Crippen LogP contribution in [0.25, 0.3) is 6.08 Å². The fourth-order valence-electron chi connectivity index (χ4n) is 1.20. The normalized spacial score (nSPS) is 10.9. The number of nitrogens with two attached hydrogens (primary N) is 1. The van der Waals surface area contributed by atoms with E-state index in [-0.39, 0.29) is 5.91 Å². The Labute approximate surface area is 96.3 Å². The van der Waals surface area contributed by atoms with Crippen LogP contribution in [0.15, 0.2) is 30.3 Å². The maximum absolute atomic E-state index is 11.4. The first-order chi connectivity index (χ1) is 7.58. The van der Waals surface area contributed by atoms with Crippen LogP contribution in [0, 0.1) is 5.92 Å². The van der Waals surface area contributed by atoms with Gasteiger partial charge in [0.1, 0.15) is 0 Å². The van der Waals surface area contributed by atoms with Gasteiger partial charge in [0.25, 0.3) is 0 Å². The highest BCUT2D eigenvalue weighted by Gasteiger charge is 1.97. The lowest BCUT2D eigenvalue weighted by Gasteiger charge is -2.04. The summed E-state index contributed by atoms with van der Waals surface area (Å²) in [7, 11) is 0. The van der Waals surface area contributed by atoms with Crippen molar-refractivity contribution in [3.05, 3.63) is 35.9 Å². The minimum Gasteiger partial charge on any atom is -0.399 e. The molecule has 86 valence electrons. The average molecular weight is 218 g/mol. The minimum absolute atomic E-state index is 0.0730. The molecule has 0 heterocycles. The second-order valence-electron chi connectivity index (χ2n) is 4.14. The lowest BCUT2D eigenvalue weighted by molar-refractivity contribution is -0.116. The number of hydrogen-bond donors (Lipinski definition) is 2. The molecule has 0 aliphatic heterocycles. The van der Waals surface area contributed by atoms with E-state index >= 15 is 0 Å². The van der Waals surface area contributed by atoms with Crippen molar-refractivity contribution in [2.75, 3.05) is 12.3 Å². The van der Waals surface area contributed by atoms with E-state index in [0.29, 0.717) is 18.2 Å². The van der Waals surface area contributed by atoms with Gasteiger partial charge in [0, 0.05) is 18.3 Å². The van der Waals surface area contributed by atoms with Gasteiger partial charge in [-0.05, 0) is 29.7 Å². The van der Waals surface area contributed by atoms with Crippen LogP contribution in [0.3, 0.4) is 0 Å².